The molecule has 0 saturated heterocycles. The average Bonchev–Trinajstić information content (AvgIpc) is 2.38. The minimum absolute atomic E-state index is 0.0463. The normalized spacial score (nSPS) is 11.8. The van der Waals surface area contributed by atoms with Gasteiger partial charge in [0, 0.05) is 25.2 Å². The van der Waals surface area contributed by atoms with E-state index in [2.05, 4.69) is 0 Å². The number of hydrogen-bond acceptors (Lipinski definition) is 5. The number of halogens is 1. The van der Waals surface area contributed by atoms with Gasteiger partial charge in [0.2, 0.25) is 10.0 Å². The Bertz CT molecular complexity index is 618. The second kappa shape index (κ2) is 6.49. The number of nitro groups is 1. The van der Waals surface area contributed by atoms with E-state index in [0.717, 1.165) is 10.4 Å². The van der Waals surface area contributed by atoms with Gasteiger partial charge in [0.15, 0.2) is 0 Å². The summed E-state index contributed by atoms with van der Waals surface area (Å²) in [5.74, 6) is 0. The second-order valence-corrected chi connectivity index (χ2v) is 6.73. The summed E-state index contributed by atoms with van der Waals surface area (Å²) in [6, 6.07) is 2.24. The van der Waals surface area contributed by atoms with Crippen LogP contribution in [0.25, 0.3) is 0 Å². The third-order valence-electron chi connectivity index (χ3n) is 2.87. The first-order chi connectivity index (χ1) is 9.21. The van der Waals surface area contributed by atoms with Gasteiger partial charge in [-0.1, -0.05) is 11.6 Å². The first-order valence-corrected chi connectivity index (χ1v) is 7.64. The SMILES string of the molecule is Cc1c(Cl)cc(S(=O)(=O)N(C)CCCN)cc1[N+](=O)[O-]. The van der Waals surface area contributed by atoms with Gasteiger partial charge in [0.25, 0.3) is 5.69 Å². The maximum Gasteiger partial charge on any atom is 0.275 e. The fourth-order valence-corrected chi connectivity index (χ4v) is 3.13. The molecule has 0 fully saturated rings. The molecule has 0 aliphatic carbocycles. The molecule has 0 aliphatic rings. The van der Waals surface area contributed by atoms with Crippen molar-refractivity contribution in [1.82, 2.24) is 4.31 Å². The van der Waals surface area contributed by atoms with Crippen molar-refractivity contribution < 1.29 is 13.3 Å². The molecule has 20 heavy (non-hydrogen) atoms. The van der Waals surface area contributed by atoms with Gasteiger partial charge < -0.3 is 5.73 Å². The Morgan fingerprint density at radius 3 is 2.55 bits per heavy atom. The van der Waals surface area contributed by atoms with Gasteiger partial charge in [-0.3, -0.25) is 10.1 Å². The van der Waals surface area contributed by atoms with E-state index in [1.807, 2.05) is 0 Å². The van der Waals surface area contributed by atoms with Crippen LogP contribution in [0.2, 0.25) is 5.02 Å². The highest BCUT2D eigenvalue weighted by atomic mass is 35.5. The molecule has 0 atom stereocenters. The number of nitrogens with zero attached hydrogens (tertiary/aromatic N) is 2. The summed E-state index contributed by atoms with van der Waals surface area (Å²) >= 11 is 5.87. The van der Waals surface area contributed by atoms with Crippen molar-refractivity contribution in [2.75, 3.05) is 20.1 Å². The smallest absolute Gasteiger partial charge is 0.275 e. The van der Waals surface area contributed by atoms with Crippen LogP contribution >= 0.6 is 11.6 Å². The average molecular weight is 322 g/mol. The Kier molecular flexibility index (Phi) is 5.46. The van der Waals surface area contributed by atoms with Gasteiger partial charge in [-0.05, 0) is 26.0 Å². The molecule has 0 radical (unpaired) electrons. The highest BCUT2D eigenvalue weighted by Gasteiger charge is 2.25. The number of nitro benzene ring substituents is 1. The standard InChI is InChI=1S/C11H16ClN3O4S/c1-8-10(12)6-9(7-11(8)15(16)17)20(18,19)14(2)5-3-4-13/h6-7H,3-5,13H2,1-2H3. The lowest BCUT2D eigenvalue weighted by molar-refractivity contribution is -0.385. The van der Waals surface area contributed by atoms with E-state index in [-0.39, 0.29) is 27.7 Å². The summed E-state index contributed by atoms with van der Waals surface area (Å²) in [5.41, 5.74) is 5.25. The van der Waals surface area contributed by atoms with Crippen LogP contribution < -0.4 is 5.73 Å². The third-order valence-corrected chi connectivity index (χ3v) is 5.10. The van der Waals surface area contributed by atoms with Crippen molar-refractivity contribution in [3.8, 4) is 0 Å². The number of hydrogen-bond donors (Lipinski definition) is 1. The predicted octanol–water partition coefficient (Wildman–Crippen LogP) is 1.53. The van der Waals surface area contributed by atoms with Gasteiger partial charge in [-0.15, -0.1) is 0 Å². The first-order valence-electron chi connectivity index (χ1n) is 5.82. The Hall–Kier alpha value is -1.22. The molecule has 0 aliphatic heterocycles. The van der Waals surface area contributed by atoms with Gasteiger partial charge in [0.1, 0.15) is 0 Å². The van der Waals surface area contributed by atoms with Gasteiger partial charge in [-0.25, -0.2) is 12.7 Å². The van der Waals surface area contributed by atoms with Crippen molar-refractivity contribution in [3.63, 3.8) is 0 Å². The zero-order valence-corrected chi connectivity index (χ0v) is 12.7. The molecule has 0 heterocycles. The van der Waals surface area contributed by atoms with E-state index in [0.29, 0.717) is 13.0 Å². The largest absolute Gasteiger partial charge is 0.330 e. The summed E-state index contributed by atoms with van der Waals surface area (Å²) in [6.45, 7) is 2.06. The van der Waals surface area contributed by atoms with Gasteiger partial charge in [-0.2, -0.15) is 0 Å². The predicted molar refractivity (Wildman–Crippen MR) is 76.3 cm³/mol. The quantitative estimate of drug-likeness (QED) is 0.631. The van der Waals surface area contributed by atoms with Crippen LogP contribution in [-0.2, 0) is 10.0 Å². The summed E-state index contributed by atoms with van der Waals surface area (Å²) < 4.78 is 25.7. The molecule has 1 aromatic carbocycles. The molecule has 112 valence electrons. The van der Waals surface area contributed by atoms with Crippen LogP contribution in [0.3, 0.4) is 0 Å². The highest BCUT2D eigenvalue weighted by molar-refractivity contribution is 7.89. The van der Waals surface area contributed by atoms with Crippen LogP contribution in [0, 0.1) is 17.0 Å². The lowest BCUT2D eigenvalue weighted by Crippen LogP contribution is -2.29. The van der Waals surface area contributed by atoms with Crippen molar-refractivity contribution in [3.05, 3.63) is 32.8 Å². The molecule has 9 heteroatoms. The lowest BCUT2D eigenvalue weighted by atomic mass is 10.2. The van der Waals surface area contributed by atoms with Crippen molar-refractivity contribution in [2.24, 2.45) is 5.73 Å². The minimum Gasteiger partial charge on any atom is -0.330 e. The molecule has 0 bridgehead atoms. The van der Waals surface area contributed by atoms with Crippen molar-refractivity contribution >= 4 is 27.3 Å². The summed E-state index contributed by atoms with van der Waals surface area (Å²) in [4.78, 5) is 10.1. The van der Waals surface area contributed by atoms with Gasteiger partial charge in [0.05, 0.1) is 14.8 Å². The van der Waals surface area contributed by atoms with Gasteiger partial charge >= 0.3 is 0 Å². The van der Waals surface area contributed by atoms with E-state index >= 15 is 0 Å². The monoisotopic (exact) mass is 321 g/mol. The minimum atomic E-state index is -3.82. The number of rotatable bonds is 6. The van der Waals surface area contributed by atoms with Crippen LogP contribution in [0.15, 0.2) is 17.0 Å². The fourth-order valence-electron chi connectivity index (χ4n) is 1.59. The summed E-state index contributed by atoms with van der Waals surface area (Å²) in [7, 11) is -2.42. The zero-order valence-electron chi connectivity index (χ0n) is 11.2. The van der Waals surface area contributed by atoms with E-state index < -0.39 is 14.9 Å². The van der Waals surface area contributed by atoms with Crippen LogP contribution in [0.5, 0.6) is 0 Å². The van der Waals surface area contributed by atoms with Crippen LogP contribution in [-0.4, -0.2) is 37.8 Å². The highest BCUT2D eigenvalue weighted by Crippen LogP contribution is 2.30. The molecule has 7 nitrogen and oxygen atoms in total. The van der Waals surface area contributed by atoms with E-state index in [1.54, 1.807) is 0 Å². The fraction of sp³-hybridized carbons (Fsp3) is 0.455. The Morgan fingerprint density at radius 2 is 2.05 bits per heavy atom. The molecule has 2 N–H and O–H groups in total. The van der Waals surface area contributed by atoms with Crippen molar-refractivity contribution in [1.29, 1.82) is 0 Å². The number of sulfonamides is 1. The topological polar surface area (TPSA) is 107 Å². The lowest BCUT2D eigenvalue weighted by Gasteiger charge is -2.17. The maximum atomic E-state index is 12.3. The summed E-state index contributed by atoms with van der Waals surface area (Å²) in [5, 5.41) is 11.0. The van der Waals surface area contributed by atoms with Crippen molar-refractivity contribution in [2.45, 2.75) is 18.2 Å². The Balaban J connectivity index is 3.29. The molecule has 0 aromatic heterocycles. The zero-order chi connectivity index (χ0) is 15.5. The van der Waals surface area contributed by atoms with E-state index in [9.17, 15) is 18.5 Å². The molecule has 1 rings (SSSR count). The Morgan fingerprint density at radius 1 is 1.45 bits per heavy atom. The second-order valence-electron chi connectivity index (χ2n) is 4.28. The number of benzene rings is 1. The molecular formula is C11H16ClN3O4S. The molecule has 1 aromatic rings. The molecule has 0 unspecified atom stereocenters. The third kappa shape index (κ3) is 3.45. The van der Waals surface area contributed by atoms with E-state index in [1.165, 1.54) is 20.0 Å². The molecular weight excluding hydrogens is 306 g/mol. The summed E-state index contributed by atoms with van der Waals surface area (Å²) in [6.07, 6.45) is 0.497. The van der Waals surface area contributed by atoms with Crippen LogP contribution in [0.1, 0.15) is 12.0 Å². The Labute approximate surface area is 122 Å². The first kappa shape index (κ1) is 16.8. The maximum absolute atomic E-state index is 12.3. The molecule has 0 amide bonds. The number of nitrogens with two attached hydrogens (primary N) is 1. The molecule has 0 spiro atoms. The molecule has 0 saturated carbocycles. The van der Waals surface area contributed by atoms with Crippen LogP contribution in [0.4, 0.5) is 5.69 Å². The van der Waals surface area contributed by atoms with E-state index in [4.69, 9.17) is 17.3 Å².